The van der Waals surface area contributed by atoms with E-state index in [9.17, 15) is 0 Å². The van der Waals surface area contributed by atoms with Crippen molar-refractivity contribution in [3.8, 4) is 0 Å². The third kappa shape index (κ3) is 1.50. The maximum absolute atomic E-state index is 4.87. The Morgan fingerprint density at radius 2 is 1.82 bits per heavy atom. The van der Waals surface area contributed by atoms with Crippen molar-refractivity contribution in [3.63, 3.8) is 0 Å². The van der Waals surface area contributed by atoms with Crippen LogP contribution in [0.1, 0.15) is 61.2 Å². The standard InChI is InChI=1S/C15H20N2/c1-9-7-12(4)17-13(8-9)16-14-10(2)5-6-11(3)15(14)17/h7-8,10-11H,5-6H2,1-4H3. The summed E-state index contributed by atoms with van der Waals surface area (Å²) in [7, 11) is 0. The SMILES string of the molecule is Cc1cc(C)n2c3c(nc2c1)C(C)CCC3C. The van der Waals surface area contributed by atoms with E-state index in [0.29, 0.717) is 11.8 Å². The summed E-state index contributed by atoms with van der Waals surface area (Å²) < 4.78 is 2.36. The zero-order chi connectivity index (χ0) is 12.2. The molecule has 0 saturated heterocycles. The van der Waals surface area contributed by atoms with Gasteiger partial charge in [-0.1, -0.05) is 13.8 Å². The van der Waals surface area contributed by atoms with Crippen LogP contribution in [0.5, 0.6) is 0 Å². The molecule has 17 heavy (non-hydrogen) atoms. The summed E-state index contributed by atoms with van der Waals surface area (Å²) in [5.41, 5.74) is 6.54. The number of aryl methyl sites for hydroxylation is 2. The van der Waals surface area contributed by atoms with Crippen molar-refractivity contribution in [2.45, 2.75) is 52.4 Å². The Hall–Kier alpha value is -1.31. The largest absolute Gasteiger partial charge is 0.301 e. The lowest BCUT2D eigenvalue weighted by molar-refractivity contribution is 0.507. The first kappa shape index (κ1) is 10.8. The van der Waals surface area contributed by atoms with Crippen molar-refractivity contribution < 1.29 is 0 Å². The first-order chi connectivity index (χ1) is 8.08. The molecular weight excluding hydrogens is 208 g/mol. The van der Waals surface area contributed by atoms with Gasteiger partial charge in [0.1, 0.15) is 5.65 Å². The molecule has 1 aliphatic carbocycles. The van der Waals surface area contributed by atoms with Crippen molar-refractivity contribution in [2.75, 3.05) is 0 Å². The molecule has 0 N–H and O–H groups in total. The van der Waals surface area contributed by atoms with Crippen LogP contribution in [-0.2, 0) is 0 Å². The van der Waals surface area contributed by atoms with E-state index in [1.165, 1.54) is 35.5 Å². The van der Waals surface area contributed by atoms with Gasteiger partial charge in [0.15, 0.2) is 0 Å². The third-order valence-corrected chi connectivity index (χ3v) is 4.08. The summed E-state index contributed by atoms with van der Waals surface area (Å²) >= 11 is 0. The number of hydrogen-bond acceptors (Lipinski definition) is 1. The summed E-state index contributed by atoms with van der Waals surface area (Å²) in [6.45, 7) is 8.97. The first-order valence-electron chi connectivity index (χ1n) is 6.57. The van der Waals surface area contributed by atoms with Crippen LogP contribution in [0.25, 0.3) is 5.65 Å². The second-order valence-electron chi connectivity index (χ2n) is 5.63. The fraction of sp³-hybridized carbons (Fsp3) is 0.533. The van der Waals surface area contributed by atoms with Gasteiger partial charge in [-0.05, 0) is 50.3 Å². The van der Waals surface area contributed by atoms with Gasteiger partial charge in [-0.2, -0.15) is 0 Å². The zero-order valence-electron chi connectivity index (χ0n) is 11.1. The van der Waals surface area contributed by atoms with E-state index >= 15 is 0 Å². The van der Waals surface area contributed by atoms with Crippen molar-refractivity contribution in [2.24, 2.45) is 0 Å². The molecule has 1 aliphatic rings. The van der Waals surface area contributed by atoms with Crippen LogP contribution in [0.3, 0.4) is 0 Å². The van der Waals surface area contributed by atoms with Crippen molar-refractivity contribution in [1.82, 2.24) is 9.38 Å². The molecule has 2 unspecified atom stereocenters. The number of rotatable bonds is 0. The molecule has 0 aromatic carbocycles. The van der Waals surface area contributed by atoms with Gasteiger partial charge >= 0.3 is 0 Å². The first-order valence-corrected chi connectivity index (χ1v) is 6.57. The minimum Gasteiger partial charge on any atom is -0.301 e. The Morgan fingerprint density at radius 3 is 2.59 bits per heavy atom. The van der Waals surface area contributed by atoms with Gasteiger partial charge in [0.2, 0.25) is 0 Å². The van der Waals surface area contributed by atoms with Gasteiger partial charge in [-0.15, -0.1) is 0 Å². The van der Waals surface area contributed by atoms with Crippen LogP contribution in [0, 0.1) is 13.8 Å². The number of imidazole rings is 1. The highest BCUT2D eigenvalue weighted by Crippen LogP contribution is 2.38. The zero-order valence-corrected chi connectivity index (χ0v) is 11.1. The fourth-order valence-corrected chi connectivity index (χ4v) is 3.18. The van der Waals surface area contributed by atoms with Gasteiger partial charge in [-0.3, -0.25) is 0 Å². The lowest BCUT2D eigenvalue weighted by atomic mass is 9.85. The van der Waals surface area contributed by atoms with E-state index in [1.807, 2.05) is 0 Å². The highest BCUT2D eigenvalue weighted by Gasteiger charge is 2.27. The number of hydrogen-bond donors (Lipinski definition) is 0. The number of nitrogens with zero attached hydrogens (tertiary/aromatic N) is 2. The minimum absolute atomic E-state index is 0.612. The van der Waals surface area contributed by atoms with Crippen LogP contribution in [0.2, 0.25) is 0 Å². The van der Waals surface area contributed by atoms with Gasteiger partial charge in [0, 0.05) is 17.3 Å². The lowest BCUT2D eigenvalue weighted by Crippen LogP contribution is -2.12. The molecule has 0 spiro atoms. The molecule has 0 fully saturated rings. The Bertz CT molecular complexity index is 580. The number of pyridine rings is 1. The number of aromatic nitrogens is 2. The molecule has 0 aliphatic heterocycles. The molecule has 2 aromatic rings. The predicted molar refractivity (Wildman–Crippen MR) is 70.7 cm³/mol. The van der Waals surface area contributed by atoms with E-state index in [2.05, 4.69) is 44.2 Å². The van der Waals surface area contributed by atoms with E-state index in [4.69, 9.17) is 4.98 Å². The van der Waals surface area contributed by atoms with Crippen molar-refractivity contribution >= 4 is 5.65 Å². The van der Waals surface area contributed by atoms with Crippen molar-refractivity contribution in [1.29, 1.82) is 0 Å². The molecular formula is C15H20N2. The van der Waals surface area contributed by atoms with E-state index in [-0.39, 0.29) is 0 Å². The average molecular weight is 228 g/mol. The molecule has 2 aromatic heterocycles. The van der Waals surface area contributed by atoms with E-state index < -0.39 is 0 Å². The van der Waals surface area contributed by atoms with Crippen molar-refractivity contribution in [3.05, 3.63) is 34.8 Å². The van der Waals surface area contributed by atoms with E-state index in [1.54, 1.807) is 0 Å². The van der Waals surface area contributed by atoms with Gasteiger partial charge in [-0.25, -0.2) is 4.98 Å². The number of fused-ring (bicyclic) bond motifs is 3. The fourth-order valence-electron chi connectivity index (χ4n) is 3.18. The molecule has 2 atom stereocenters. The average Bonchev–Trinajstić information content (AvgIpc) is 2.64. The van der Waals surface area contributed by atoms with Gasteiger partial charge in [0.05, 0.1) is 5.69 Å². The van der Waals surface area contributed by atoms with Crippen LogP contribution in [0.15, 0.2) is 12.1 Å². The molecule has 2 heteroatoms. The van der Waals surface area contributed by atoms with E-state index in [0.717, 1.165) is 5.65 Å². The Balaban J connectivity index is 2.38. The normalized spacial score (nSPS) is 24.0. The predicted octanol–water partition coefficient (Wildman–Crippen LogP) is 3.95. The molecule has 0 saturated carbocycles. The molecule has 0 radical (unpaired) electrons. The Morgan fingerprint density at radius 1 is 1.12 bits per heavy atom. The quantitative estimate of drug-likeness (QED) is 0.667. The lowest BCUT2D eigenvalue weighted by Gasteiger charge is -2.24. The van der Waals surface area contributed by atoms with Crippen LogP contribution < -0.4 is 0 Å². The molecule has 90 valence electrons. The molecule has 2 nitrogen and oxygen atoms in total. The maximum Gasteiger partial charge on any atom is 0.137 e. The minimum atomic E-state index is 0.612. The maximum atomic E-state index is 4.87. The topological polar surface area (TPSA) is 17.3 Å². The molecule has 0 bridgehead atoms. The Kier molecular flexibility index (Phi) is 2.29. The molecule has 2 heterocycles. The second-order valence-corrected chi connectivity index (χ2v) is 5.63. The van der Waals surface area contributed by atoms with Gasteiger partial charge < -0.3 is 4.40 Å². The summed E-state index contributed by atoms with van der Waals surface area (Å²) in [6, 6.07) is 4.45. The summed E-state index contributed by atoms with van der Waals surface area (Å²) in [5.74, 6) is 1.25. The monoisotopic (exact) mass is 228 g/mol. The smallest absolute Gasteiger partial charge is 0.137 e. The highest BCUT2D eigenvalue weighted by atomic mass is 15.0. The van der Waals surface area contributed by atoms with Crippen LogP contribution in [0.4, 0.5) is 0 Å². The molecule has 0 amide bonds. The van der Waals surface area contributed by atoms with Crippen LogP contribution in [-0.4, -0.2) is 9.38 Å². The summed E-state index contributed by atoms with van der Waals surface area (Å²) in [6.07, 6.45) is 2.56. The third-order valence-electron chi connectivity index (χ3n) is 4.08. The molecule has 3 rings (SSSR count). The summed E-state index contributed by atoms with van der Waals surface area (Å²) in [4.78, 5) is 4.87. The second kappa shape index (κ2) is 3.59. The summed E-state index contributed by atoms with van der Waals surface area (Å²) in [5, 5.41) is 0. The van der Waals surface area contributed by atoms with Crippen LogP contribution >= 0.6 is 0 Å². The van der Waals surface area contributed by atoms with Gasteiger partial charge in [0.25, 0.3) is 0 Å². The highest BCUT2D eigenvalue weighted by molar-refractivity contribution is 5.49. The Labute approximate surface area is 103 Å².